The van der Waals surface area contributed by atoms with Crippen LogP contribution >= 0.6 is 0 Å². The molecule has 1 N–H and O–H groups in total. The molecule has 3 nitrogen and oxygen atoms in total. The van der Waals surface area contributed by atoms with Gasteiger partial charge in [-0.2, -0.15) is 0 Å². The lowest BCUT2D eigenvalue weighted by Crippen LogP contribution is -2.01. The largest absolute Gasteiger partial charge is 0.478 e. The fraction of sp³-hybridized carbons (Fsp3) is 0.214. The number of hydrogen-bond donors (Lipinski definition) is 1. The van der Waals surface area contributed by atoms with Crippen LogP contribution in [0.5, 0.6) is 5.88 Å². The fourth-order valence-electron chi connectivity index (χ4n) is 1.57. The average molecular weight is 264 g/mol. The molecule has 0 unspecified atom stereocenters. The topological polar surface area (TPSA) is 34.1 Å². The lowest BCUT2D eigenvalue weighted by atomic mass is 10.2. The van der Waals surface area contributed by atoms with Gasteiger partial charge in [0.15, 0.2) is 11.6 Å². The monoisotopic (exact) mass is 264 g/mol. The number of anilines is 1. The molecule has 19 heavy (non-hydrogen) atoms. The summed E-state index contributed by atoms with van der Waals surface area (Å²) in [5.41, 5.74) is 1.45. The highest BCUT2D eigenvalue weighted by Crippen LogP contribution is 2.14. The second kappa shape index (κ2) is 6.13. The zero-order valence-corrected chi connectivity index (χ0v) is 10.5. The number of hydrogen-bond acceptors (Lipinski definition) is 3. The molecule has 0 aliphatic heterocycles. The van der Waals surface area contributed by atoms with Gasteiger partial charge in [-0.1, -0.05) is 6.07 Å². The molecule has 1 aromatic carbocycles. The van der Waals surface area contributed by atoms with Gasteiger partial charge in [0.05, 0.1) is 18.5 Å². The first kappa shape index (κ1) is 13.3. The Hall–Kier alpha value is -2.17. The Morgan fingerprint density at radius 1 is 1.16 bits per heavy atom. The number of nitrogens with zero attached hydrogens (tertiary/aromatic N) is 1. The first-order valence-corrected chi connectivity index (χ1v) is 5.95. The van der Waals surface area contributed by atoms with Gasteiger partial charge in [0.1, 0.15) is 0 Å². The Bertz CT molecular complexity index is 544. The van der Waals surface area contributed by atoms with E-state index in [1.807, 2.05) is 13.0 Å². The second-order valence-corrected chi connectivity index (χ2v) is 3.92. The normalized spacial score (nSPS) is 10.3. The summed E-state index contributed by atoms with van der Waals surface area (Å²) in [4.78, 5) is 4.09. The molecule has 5 heteroatoms. The van der Waals surface area contributed by atoms with E-state index in [-0.39, 0.29) is 0 Å². The van der Waals surface area contributed by atoms with E-state index in [0.717, 1.165) is 11.8 Å². The summed E-state index contributed by atoms with van der Waals surface area (Å²) >= 11 is 0. The Morgan fingerprint density at radius 3 is 2.63 bits per heavy atom. The average Bonchev–Trinajstić information content (AvgIpc) is 2.42. The zero-order chi connectivity index (χ0) is 13.7. The molecule has 1 aromatic heterocycles. The first-order valence-electron chi connectivity index (χ1n) is 5.95. The number of halogens is 2. The van der Waals surface area contributed by atoms with Crippen LogP contribution in [0.4, 0.5) is 14.5 Å². The SMILES string of the molecule is CCOc1ccc(NCc2ccc(F)c(F)c2)cn1. The molecule has 0 bridgehead atoms. The van der Waals surface area contributed by atoms with Crippen LogP contribution in [0.1, 0.15) is 12.5 Å². The van der Waals surface area contributed by atoms with Gasteiger partial charge >= 0.3 is 0 Å². The molecule has 0 aliphatic rings. The summed E-state index contributed by atoms with van der Waals surface area (Å²) in [5, 5.41) is 3.07. The summed E-state index contributed by atoms with van der Waals surface area (Å²) in [6.45, 7) is 2.85. The third-order valence-electron chi connectivity index (χ3n) is 2.51. The standard InChI is InChI=1S/C14H14F2N2O/c1-2-19-14-6-4-11(9-18-14)17-8-10-3-5-12(15)13(16)7-10/h3-7,9,17H,2,8H2,1H3. The van der Waals surface area contributed by atoms with E-state index >= 15 is 0 Å². The molecule has 1 heterocycles. The van der Waals surface area contributed by atoms with Crippen LogP contribution in [0.25, 0.3) is 0 Å². The van der Waals surface area contributed by atoms with E-state index in [4.69, 9.17) is 4.74 Å². The van der Waals surface area contributed by atoms with Crippen LogP contribution in [0.2, 0.25) is 0 Å². The van der Waals surface area contributed by atoms with Gasteiger partial charge in [0, 0.05) is 12.6 Å². The van der Waals surface area contributed by atoms with Crippen LogP contribution in [-0.4, -0.2) is 11.6 Å². The Labute approximate surface area is 110 Å². The van der Waals surface area contributed by atoms with Gasteiger partial charge in [-0.25, -0.2) is 13.8 Å². The molecule has 0 atom stereocenters. The molecule has 0 aliphatic carbocycles. The lowest BCUT2D eigenvalue weighted by molar-refractivity contribution is 0.327. The Balaban J connectivity index is 1.96. The second-order valence-electron chi connectivity index (χ2n) is 3.92. The van der Waals surface area contributed by atoms with E-state index in [2.05, 4.69) is 10.3 Å². The van der Waals surface area contributed by atoms with Crippen molar-refractivity contribution in [3.8, 4) is 5.88 Å². The van der Waals surface area contributed by atoms with Crippen molar-refractivity contribution in [3.63, 3.8) is 0 Å². The van der Waals surface area contributed by atoms with Crippen LogP contribution in [-0.2, 0) is 6.54 Å². The zero-order valence-electron chi connectivity index (χ0n) is 10.5. The molecule has 0 fully saturated rings. The van der Waals surface area contributed by atoms with Crippen LogP contribution in [0.15, 0.2) is 36.5 Å². The van der Waals surface area contributed by atoms with Gasteiger partial charge in [-0.05, 0) is 30.7 Å². The smallest absolute Gasteiger partial charge is 0.213 e. The number of rotatable bonds is 5. The summed E-state index contributed by atoms with van der Waals surface area (Å²) in [6.07, 6.45) is 1.63. The molecular weight excluding hydrogens is 250 g/mol. The third kappa shape index (κ3) is 3.64. The lowest BCUT2D eigenvalue weighted by Gasteiger charge is -2.07. The van der Waals surface area contributed by atoms with E-state index < -0.39 is 11.6 Å². The van der Waals surface area contributed by atoms with Crippen LogP contribution < -0.4 is 10.1 Å². The molecule has 2 rings (SSSR count). The van der Waals surface area contributed by atoms with Gasteiger partial charge in [-0.15, -0.1) is 0 Å². The van der Waals surface area contributed by atoms with Gasteiger partial charge in [0.2, 0.25) is 5.88 Å². The summed E-state index contributed by atoms with van der Waals surface area (Å²) in [5.74, 6) is -1.13. The van der Waals surface area contributed by atoms with Crippen molar-refractivity contribution in [2.75, 3.05) is 11.9 Å². The van der Waals surface area contributed by atoms with Crippen molar-refractivity contribution in [3.05, 3.63) is 53.7 Å². The van der Waals surface area contributed by atoms with E-state index in [1.165, 1.54) is 12.1 Å². The third-order valence-corrected chi connectivity index (χ3v) is 2.51. The van der Waals surface area contributed by atoms with E-state index in [9.17, 15) is 8.78 Å². The molecule has 0 saturated heterocycles. The van der Waals surface area contributed by atoms with E-state index in [0.29, 0.717) is 24.6 Å². The van der Waals surface area contributed by atoms with Crippen molar-refractivity contribution in [2.24, 2.45) is 0 Å². The molecule has 0 amide bonds. The first-order chi connectivity index (χ1) is 9.19. The summed E-state index contributed by atoms with van der Waals surface area (Å²) in [7, 11) is 0. The van der Waals surface area contributed by atoms with E-state index in [1.54, 1.807) is 12.3 Å². The van der Waals surface area contributed by atoms with Crippen molar-refractivity contribution in [2.45, 2.75) is 13.5 Å². The fourth-order valence-corrected chi connectivity index (χ4v) is 1.57. The quantitative estimate of drug-likeness (QED) is 0.899. The van der Waals surface area contributed by atoms with Crippen molar-refractivity contribution >= 4 is 5.69 Å². The molecule has 2 aromatic rings. The van der Waals surface area contributed by atoms with Crippen molar-refractivity contribution in [1.82, 2.24) is 4.98 Å². The number of ether oxygens (including phenoxy) is 1. The highest BCUT2D eigenvalue weighted by Gasteiger charge is 2.02. The number of pyridine rings is 1. The molecule has 0 saturated carbocycles. The molecular formula is C14H14F2N2O. The van der Waals surface area contributed by atoms with Crippen LogP contribution in [0, 0.1) is 11.6 Å². The van der Waals surface area contributed by atoms with Crippen molar-refractivity contribution < 1.29 is 13.5 Å². The highest BCUT2D eigenvalue weighted by molar-refractivity contribution is 5.42. The van der Waals surface area contributed by atoms with Crippen molar-refractivity contribution in [1.29, 1.82) is 0 Å². The highest BCUT2D eigenvalue weighted by atomic mass is 19.2. The summed E-state index contributed by atoms with van der Waals surface area (Å²) < 4.78 is 31.0. The maximum absolute atomic E-state index is 13.0. The van der Waals surface area contributed by atoms with Gasteiger partial charge < -0.3 is 10.1 Å². The predicted molar refractivity (Wildman–Crippen MR) is 69.1 cm³/mol. The maximum atomic E-state index is 13.0. The molecule has 0 radical (unpaired) electrons. The van der Waals surface area contributed by atoms with Gasteiger partial charge in [0.25, 0.3) is 0 Å². The minimum absolute atomic E-state index is 0.396. The number of nitrogens with one attached hydrogen (secondary N) is 1. The molecule has 100 valence electrons. The van der Waals surface area contributed by atoms with Crippen LogP contribution in [0.3, 0.4) is 0 Å². The predicted octanol–water partition coefficient (Wildman–Crippen LogP) is 3.37. The Morgan fingerprint density at radius 2 is 2.00 bits per heavy atom. The minimum Gasteiger partial charge on any atom is -0.478 e. The maximum Gasteiger partial charge on any atom is 0.213 e. The summed E-state index contributed by atoms with van der Waals surface area (Å²) in [6, 6.07) is 7.38. The minimum atomic E-state index is -0.843. The molecule has 0 spiro atoms. The number of benzene rings is 1. The van der Waals surface area contributed by atoms with Gasteiger partial charge in [-0.3, -0.25) is 0 Å². The Kier molecular flexibility index (Phi) is 4.28. The number of aromatic nitrogens is 1.